The molecule has 1 amide bonds. The lowest BCUT2D eigenvalue weighted by atomic mass is 10.0. The van der Waals surface area contributed by atoms with Crippen LogP contribution in [0.2, 0.25) is 0 Å². The summed E-state index contributed by atoms with van der Waals surface area (Å²) in [6.07, 6.45) is 1.66. The van der Waals surface area contributed by atoms with Gasteiger partial charge in [-0.05, 0) is 30.0 Å². The summed E-state index contributed by atoms with van der Waals surface area (Å²) in [7, 11) is 3.33. The Bertz CT molecular complexity index is 842. The molecule has 1 N–H and O–H groups in total. The van der Waals surface area contributed by atoms with Crippen molar-refractivity contribution in [2.24, 2.45) is 5.92 Å². The molecular weight excluding hydrogens is 382 g/mol. The lowest BCUT2D eigenvalue weighted by molar-refractivity contribution is -0.119. The third-order valence-corrected chi connectivity index (χ3v) is 5.36. The highest BCUT2D eigenvalue weighted by atomic mass is 16.5. The number of nitrogens with one attached hydrogen (secondary N) is 1. The fraction of sp³-hybridized carbons (Fsp3) is 0.591. The zero-order chi connectivity index (χ0) is 21.7. The van der Waals surface area contributed by atoms with E-state index in [0.29, 0.717) is 5.92 Å². The molecule has 2 heterocycles. The second kappa shape index (κ2) is 9.93. The average molecular weight is 416 g/mol. The molecule has 1 aromatic carbocycles. The number of amides is 1. The van der Waals surface area contributed by atoms with Gasteiger partial charge in [-0.3, -0.25) is 9.69 Å². The fourth-order valence-electron chi connectivity index (χ4n) is 3.97. The molecule has 0 spiro atoms. The molecule has 164 valence electrons. The van der Waals surface area contributed by atoms with Crippen LogP contribution in [0.4, 0.5) is 0 Å². The summed E-state index contributed by atoms with van der Waals surface area (Å²) in [6, 6.07) is 5.87. The Labute approximate surface area is 178 Å². The van der Waals surface area contributed by atoms with E-state index in [4.69, 9.17) is 9.47 Å². The molecule has 8 nitrogen and oxygen atoms in total. The van der Waals surface area contributed by atoms with Gasteiger partial charge < -0.3 is 19.4 Å². The maximum absolute atomic E-state index is 11.7. The van der Waals surface area contributed by atoms with Crippen molar-refractivity contribution < 1.29 is 14.3 Å². The van der Waals surface area contributed by atoms with Crippen LogP contribution < -0.4 is 14.8 Å². The zero-order valence-electron chi connectivity index (χ0n) is 18.6. The molecule has 0 saturated carbocycles. The first kappa shape index (κ1) is 22.1. The number of fused-ring (bicyclic) bond motifs is 1. The van der Waals surface area contributed by atoms with E-state index in [-0.39, 0.29) is 11.9 Å². The molecule has 0 saturated heterocycles. The minimum absolute atomic E-state index is 0.0415. The van der Waals surface area contributed by atoms with Crippen LogP contribution in [0, 0.1) is 5.92 Å². The van der Waals surface area contributed by atoms with E-state index in [2.05, 4.69) is 38.8 Å². The van der Waals surface area contributed by atoms with Gasteiger partial charge in [-0.1, -0.05) is 13.8 Å². The molecular formula is C22H33N5O3. The molecule has 1 aromatic heterocycles. The van der Waals surface area contributed by atoms with E-state index >= 15 is 0 Å². The van der Waals surface area contributed by atoms with Gasteiger partial charge in [-0.15, -0.1) is 10.2 Å². The Hall–Kier alpha value is -2.61. The van der Waals surface area contributed by atoms with E-state index in [0.717, 1.165) is 67.7 Å². The Kier molecular flexibility index (Phi) is 7.31. The Morgan fingerprint density at radius 3 is 2.40 bits per heavy atom. The molecule has 1 aliphatic rings. The number of nitrogens with zero attached hydrogens (tertiary/aromatic N) is 4. The molecule has 0 bridgehead atoms. The van der Waals surface area contributed by atoms with Gasteiger partial charge in [0, 0.05) is 45.6 Å². The highest BCUT2D eigenvalue weighted by molar-refractivity contribution is 5.73. The van der Waals surface area contributed by atoms with Crippen molar-refractivity contribution in [3.8, 4) is 11.5 Å². The van der Waals surface area contributed by atoms with Gasteiger partial charge in [0.05, 0.1) is 20.3 Å². The van der Waals surface area contributed by atoms with Crippen LogP contribution >= 0.6 is 0 Å². The van der Waals surface area contributed by atoms with Crippen molar-refractivity contribution in [1.82, 2.24) is 25.0 Å². The molecule has 0 radical (unpaired) electrons. The molecule has 30 heavy (non-hydrogen) atoms. The van der Waals surface area contributed by atoms with Gasteiger partial charge in [0.15, 0.2) is 5.82 Å². The van der Waals surface area contributed by atoms with E-state index in [9.17, 15) is 4.79 Å². The number of hydrogen-bond acceptors (Lipinski definition) is 6. The first-order chi connectivity index (χ1) is 14.4. The van der Waals surface area contributed by atoms with Crippen molar-refractivity contribution in [2.45, 2.75) is 52.7 Å². The standard InChI is InChI=1S/C22H33N5O3/c1-15(2)10-20(23-16(3)28)22-25-24-21-6-7-26(8-9-27(21)22)14-17-11-18(29-4)13-19(12-17)30-5/h11-13,15,20H,6-10,14H2,1-5H3,(H,23,28). The normalized spacial score (nSPS) is 15.4. The minimum Gasteiger partial charge on any atom is -0.497 e. The van der Waals surface area contributed by atoms with Crippen LogP contribution in [0.25, 0.3) is 0 Å². The first-order valence-electron chi connectivity index (χ1n) is 10.5. The van der Waals surface area contributed by atoms with Gasteiger partial charge >= 0.3 is 0 Å². The fourth-order valence-corrected chi connectivity index (χ4v) is 3.97. The van der Waals surface area contributed by atoms with Crippen LogP contribution in [0.5, 0.6) is 11.5 Å². The molecule has 0 fully saturated rings. The summed E-state index contributed by atoms with van der Waals surface area (Å²) in [5, 5.41) is 11.9. The van der Waals surface area contributed by atoms with Crippen LogP contribution in [0.15, 0.2) is 18.2 Å². The number of ether oxygens (including phenoxy) is 2. The number of carbonyl (C=O) groups is 1. The molecule has 1 aliphatic heterocycles. The number of hydrogen-bond donors (Lipinski definition) is 1. The Morgan fingerprint density at radius 2 is 1.80 bits per heavy atom. The summed E-state index contributed by atoms with van der Waals surface area (Å²) in [5.41, 5.74) is 1.15. The summed E-state index contributed by atoms with van der Waals surface area (Å²) in [5.74, 6) is 3.84. The second-order valence-electron chi connectivity index (χ2n) is 8.26. The highest BCUT2D eigenvalue weighted by Gasteiger charge is 2.25. The number of rotatable bonds is 8. The minimum atomic E-state index is -0.113. The van der Waals surface area contributed by atoms with Gasteiger partial charge in [-0.2, -0.15) is 0 Å². The smallest absolute Gasteiger partial charge is 0.217 e. The molecule has 1 atom stereocenters. The van der Waals surface area contributed by atoms with Gasteiger partial charge in [0.1, 0.15) is 17.3 Å². The van der Waals surface area contributed by atoms with Gasteiger partial charge in [0.25, 0.3) is 0 Å². The third-order valence-electron chi connectivity index (χ3n) is 5.36. The van der Waals surface area contributed by atoms with Crippen LogP contribution in [0.1, 0.15) is 50.4 Å². The van der Waals surface area contributed by atoms with Gasteiger partial charge in [0.2, 0.25) is 5.91 Å². The largest absolute Gasteiger partial charge is 0.497 e. The number of aromatic nitrogens is 3. The molecule has 2 aromatic rings. The number of methoxy groups -OCH3 is 2. The Morgan fingerprint density at radius 1 is 1.10 bits per heavy atom. The topological polar surface area (TPSA) is 81.5 Å². The molecule has 0 aliphatic carbocycles. The summed E-state index contributed by atoms with van der Waals surface area (Å²) in [6.45, 7) is 9.24. The summed E-state index contributed by atoms with van der Waals surface area (Å²) >= 11 is 0. The quantitative estimate of drug-likeness (QED) is 0.714. The van der Waals surface area contributed by atoms with Crippen molar-refractivity contribution >= 4 is 5.91 Å². The maximum atomic E-state index is 11.7. The van der Waals surface area contributed by atoms with E-state index in [1.54, 1.807) is 21.1 Å². The average Bonchev–Trinajstić information content (AvgIpc) is 3.01. The van der Waals surface area contributed by atoms with E-state index in [1.165, 1.54) is 0 Å². The highest BCUT2D eigenvalue weighted by Crippen LogP contribution is 2.25. The number of carbonyl (C=O) groups excluding carboxylic acids is 1. The van der Waals surface area contributed by atoms with E-state index in [1.807, 2.05) is 18.2 Å². The summed E-state index contributed by atoms with van der Waals surface area (Å²) < 4.78 is 13.0. The predicted molar refractivity (Wildman–Crippen MR) is 115 cm³/mol. The van der Waals surface area contributed by atoms with E-state index < -0.39 is 0 Å². The predicted octanol–water partition coefficient (Wildman–Crippen LogP) is 2.58. The lowest BCUT2D eigenvalue weighted by Gasteiger charge is -2.22. The molecule has 8 heteroatoms. The SMILES string of the molecule is COc1cc(CN2CCc3nnc(C(CC(C)C)NC(C)=O)n3CC2)cc(OC)c1. The van der Waals surface area contributed by atoms with Crippen molar-refractivity contribution in [3.63, 3.8) is 0 Å². The monoisotopic (exact) mass is 415 g/mol. The maximum Gasteiger partial charge on any atom is 0.217 e. The van der Waals surface area contributed by atoms with Crippen molar-refractivity contribution in [3.05, 3.63) is 35.4 Å². The molecule has 3 rings (SSSR count). The Balaban J connectivity index is 1.74. The number of benzene rings is 1. The lowest BCUT2D eigenvalue weighted by Crippen LogP contribution is -2.31. The van der Waals surface area contributed by atoms with Crippen LogP contribution in [-0.2, 0) is 24.3 Å². The third kappa shape index (κ3) is 5.50. The summed E-state index contributed by atoms with van der Waals surface area (Å²) in [4.78, 5) is 14.1. The zero-order valence-corrected chi connectivity index (χ0v) is 18.6. The van der Waals surface area contributed by atoms with Gasteiger partial charge in [-0.25, -0.2) is 0 Å². The second-order valence-corrected chi connectivity index (χ2v) is 8.26. The molecule has 1 unspecified atom stereocenters. The van der Waals surface area contributed by atoms with Crippen LogP contribution in [-0.4, -0.2) is 52.9 Å². The van der Waals surface area contributed by atoms with Crippen molar-refractivity contribution in [2.75, 3.05) is 27.3 Å². The van der Waals surface area contributed by atoms with Crippen LogP contribution in [0.3, 0.4) is 0 Å². The van der Waals surface area contributed by atoms with Crippen molar-refractivity contribution in [1.29, 1.82) is 0 Å². The first-order valence-corrected chi connectivity index (χ1v) is 10.5.